The van der Waals surface area contributed by atoms with E-state index in [-0.39, 0.29) is 25.0 Å². The van der Waals surface area contributed by atoms with Crippen LogP contribution in [0.1, 0.15) is 47.4 Å². The minimum Gasteiger partial charge on any atom is -0.462 e. The van der Waals surface area contributed by atoms with Crippen LogP contribution in [-0.2, 0) is 28.8 Å². The third-order valence-electron chi connectivity index (χ3n) is 4.83. The lowest BCUT2D eigenvalue weighted by Gasteiger charge is -2.16. The van der Waals surface area contributed by atoms with Crippen molar-refractivity contribution >= 4 is 11.9 Å². The van der Waals surface area contributed by atoms with Crippen molar-refractivity contribution in [2.45, 2.75) is 39.5 Å². The van der Waals surface area contributed by atoms with Gasteiger partial charge in [-0.3, -0.25) is 9.48 Å². The van der Waals surface area contributed by atoms with Gasteiger partial charge in [0.1, 0.15) is 5.56 Å². The topological polar surface area (TPSA) is 64.4 Å². The summed E-state index contributed by atoms with van der Waals surface area (Å²) < 4.78 is 45.4. The third kappa shape index (κ3) is 4.78. The number of rotatable bonds is 6. The fourth-order valence-electron chi connectivity index (χ4n) is 3.28. The van der Waals surface area contributed by atoms with E-state index in [1.807, 2.05) is 19.1 Å². The van der Waals surface area contributed by atoms with E-state index in [0.717, 1.165) is 35.0 Å². The van der Waals surface area contributed by atoms with E-state index in [4.69, 9.17) is 4.74 Å². The summed E-state index contributed by atoms with van der Waals surface area (Å²) >= 11 is 0. The number of ether oxygens (including phenoxy) is 1. The monoisotopic (exact) mass is 409 g/mol. The maximum absolute atomic E-state index is 13.2. The molecule has 1 atom stereocenters. The van der Waals surface area contributed by atoms with Crippen molar-refractivity contribution in [3.8, 4) is 0 Å². The van der Waals surface area contributed by atoms with Gasteiger partial charge in [0, 0.05) is 25.2 Å². The first-order valence-corrected chi connectivity index (χ1v) is 9.37. The molecular weight excluding hydrogens is 387 g/mol. The van der Waals surface area contributed by atoms with E-state index in [2.05, 4.69) is 5.10 Å². The molecule has 1 saturated heterocycles. The molecule has 1 aliphatic rings. The van der Waals surface area contributed by atoms with Gasteiger partial charge in [0.05, 0.1) is 13.2 Å². The Morgan fingerprint density at radius 1 is 1.21 bits per heavy atom. The SMILES string of the molecule is CCOC(=O)c1cn(Cc2ccc(CN3CC[C@H](C)C3=O)cc2)nc1C(F)(F)F. The number of carbonyl (C=O) groups excluding carboxylic acids is 2. The van der Waals surface area contributed by atoms with Crippen molar-refractivity contribution in [3.63, 3.8) is 0 Å². The second-order valence-corrected chi connectivity index (χ2v) is 7.07. The van der Waals surface area contributed by atoms with Crippen LogP contribution in [0.15, 0.2) is 30.5 Å². The highest BCUT2D eigenvalue weighted by Gasteiger charge is 2.39. The Hall–Kier alpha value is -2.84. The van der Waals surface area contributed by atoms with Gasteiger partial charge in [-0.1, -0.05) is 31.2 Å². The highest BCUT2D eigenvalue weighted by molar-refractivity contribution is 5.90. The molecule has 0 bridgehead atoms. The fourth-order valence-corrected chi connectivity index (χ4v) is 3.28. The van der Waals surface area contributed by atoms with Gasteiger partial charge in [-0.05, 0) is 24.5 Å². The van der Waals surface area contributed by atoms with Gasteiger partial charge in [0.15, 0.2) is 5.69 Å². The fraction of sp³-hybridized carbons (Fsp3) is 0.450. The number of alkyl halides is 3. The molecule has 1 amide bonds. The predicted octanol–water partition coefficient (Wildman–Crippen LogP) is 3.50. The zero-order chi connectivity index (χ0) is 21.2. The van der Waals surface area contributed by atoms with Crippen LogP contribution in [0.4, 0.5) is 13.2 Å². The summed E-state index contributed by atoms with van der Waals surface area (Å²) in [6.45, 7) is 4.72. The molecule has 156 valence electrons. The van der Waals surface area contributed by atoms with Crippen LogP contribution in [0, 0.1) is 5.92 Å². The molecule has 2 aromatic rings. The summed E-state index contributed by atoms with van der Waals surface area (Å²) in [4.78, 5) is 25.6. The molecule has 1 aromatic carbocycles. The maximum atomic E-state index is 13.2. The molecule has 0 unspecified atom stereocenters. The molecule has 1 fully saturated rings. The molecule has 0 N–H and O–H groups in total. The highest BCUT2D eigenvalue weighted by atomic mass is 19.4. The molecule has 0 saturated carbocycles. The number of esters is 1. The number of halogens is 3. The number of benzene rings is 1. The van der Waals surface area contributed by atoms with Gasteiger partial charge in [0.25, 0.3) is 0 Å². The number of carbonyl (C=O) groups is 2. The second kappa shape index (κ2) is 8.26. The summed E-state index contributed by atoms with van der Waals surface area (Å²) in [6, 6.07) is 7.23. The van der Waals surface area contributed by atoms with Crippen LogP contribution in [0.25, 0.3) is 0 Å². The summed E-state index contributed by atoms with van der Waals surface area (Å²) in [5, 5.41) is 3.54. The van der Waals surface area contributed by atoms with Gasteiger partial charge in [0.2, 0.25) is 5.91 Å². The number of amides is 1. The molecule has 29 heavy (non-hydrogen) atoms. The average molecular weight is 409 g/mol. The average Bonchev–Trinajstić information content (AvgIpc) is 3.22. The highest BCUT2D eigenvalue weighted by Crippen LogP contribution is 2.31. The van der Waals surface area contributed by atoms with Crippen molar-refractivity contribution in [1.82, 2.24) is 14.7 Å². The summed E-state index contributed by atoms with van der Waals surface area (Å²) in [5.41, 5.74) is -0.187. The van der Waals surface area contributed by atoms with Crippen molar-refractivity contribution in [2.24, 2.45) is 5.92 Å². The van der Waals surface area contributed by atoms with E-state index in [0.29, 0.717) is 6.54 Å². The van der Waals surface area contributed by atoms with E-state index in [1.54, 1.807) is 17.0 Å². The smallest absolute Gasteiger partial charge is 0.436 e. The van der Waals surface area contributed by atoms with Crippen LogP contribution in [0.2, 0.25) is 0 Å². The molecule has 9 heteroatoms. The molecule has 2 heterocycles. The zero-order valence-corrected chi connectivity index (χ0v) is 16.2. The third-order valence-corrected chi connectivity index (χ3v) is 4.83. The standard InChI is InChI=1S/C20H22F3N3O3/c1-3-29-19(28)16-12-26(24-17(16)20(21,22)23)11-15-6-4-14(5-7-15)10-25-9-8-13(2)18(25)27/h4-7,12-13H,3,8-11H2,1-2H3/t13-/m0/s1. The summed E-state index contributed by atoms with van der Waals surface area (Å²) in [6.07, 6.45) is -2.85. The molecule has 1 aliphatic heterocycles. The second-order valence-electron chi connectivity index (χ2n) is 7.07. The Balaban J connectivity index is 1.73. The Labute approximate surface area is 166 Å². The van der Waals surface area contributed by atoms with Gasteiger partial charge < -0.3 is 9.64 Å². The Bertz CT molecular complexity index is 891. The first kappa shape index (κ1) is 20.9. The lowest BCUT2D eigenvalue weighted by Crippen LogP contribution is -2.26. The number of hydrogen-bond acceptors (Lipinski definition) is 4. The van der Waals surface area contributed by atoms with E-state index in [9.17, 15) is 22.8 Å². The van der Waals surface area contributed by atoms with E-state index < -0.39 is 23.4 Å². The lowest BCUT2D eigenvalue weighted by atomic mass is 10.1. The molecule has 0 aliphatic carbocycles. The van der Waals surface area contributed by atoms with Gasteiger partial charge in [-0.25, -0.2) is 4.79 Å². The van der Waals surface area contributed by atoms with Crippen molar-refractivity contribution < 1.29 is 27.5 Å². The summed E-state index contributed by atoms with van der Waals surface area (Å²) in [7, 11) is 0. The van der Waals surface area contributed by atoms with Crippen LogP contribution in [0.5, 0.6) is 0 Å². The Morgan fingerprint density at radius 3 is 2.34 bits per heavy atom. The van der Waals surface area contributed by atoms with Crippen molar-refractivity contribution in [1.29, 1.82) is 0 Å². The van der Waals surface area contributed by atoms with Crippen molar-refractivity contribution in [3.05, 3.63) is 52.8 Å². The van der Waals surface area contributed by atoms with Crippen LogP contribution >= 0.6 is 0 Å². The Morgan fingerprint density at radius 2 is 1.83 bits per heavy atom. The normalized spacial score (nSPS) is 17.1. The Kier molecular flexibility index (Phi) is 5.95. The molecular formula is C20H22F3N3O3. The van der Waals surface area contributed by atoms with Crippen LogP contribution < -0.4 is 0 Å². The van der Waals surface area contributed by atoms with Gasteiger partial charge in [-0.2, -0.15) is 18.3 Å². The lowest BCUT2D eigenvalue weighted by molar-refractivity contribution is -0.142. The number of aromatic nitrogens is 2. The maximum Gasteiger partial charge on any atom is 0.436 e. The largest absolute Gasteiger partial charge is 0.462 e. The van der Waals surface area contributed by atoms with Crippen LogP contribution in [0.3, 0.4) is 0 Å². The molecule has 3 rings (SSSR count). The van der Waals surface area contributed by atoms with Crippen LogP contribution in [-0.4, -0.2) is 39.7 Å². The number of nitrogens with zero attached hydrogens (tertiary/aromatic N) is 3. The zero-order valence-electron chi connectivity index (χ0n) is 16.2. The predicted molar refractivity (Wildman–Crippen MR) is 97.9 cm³/mol. The van der Waals surface area contributed by atoms with E-state index >= 15 is 0 Å². The first-order chi connectivity index (χ1) is 13.7. The first-order valence-electron chi connectivity index (χ1n) is 9.37. The minimum absolute atomic E-state index is 0.0267. The van der Waals surface area contributed by atoms with Gasteiger partial charge in [-0.15, -0.1) is 0 Å². The molecule has 0 spiro atoms. The van der Waals surface area contributed by atoms with E-state index in [1.165, 1.54) is 6.92 Å². The summed E-state index contributed by atoms with van der Waals surface area (Å²) in [5.74, 6) is -0.867. The molecule has 6 nitrogen and oxygen atoms in total. The van der Waals surface area contributed by atoms with Gasteiger partial charge >= 0.3 is 12.1 Å². The number of likely N-dealkylation sites (tertiary alicyclic amines) is 1. The quantitative estimate of drug-likeness (QED) is 0.685. The van der Waals surface area contributed by atoms with Crippen molar-refractivity contribution in [2.75, 3.05) is 13.2 Å². The molecule has 0 radical (unpaired) electrons. The number of hydrogen-bond donors (Lipinski definition) is 0. The molecule has 1 aromatic heterocycles. The minimum atomic E-state index is -4.75.